The van der Waals surface area contributed by atoms with Gasteiger partial charge in [0.1, 0.15) is 0 Å². The van der Waals surface area contributed by atoms with Gasteiger partial charge in [-0.05, 0) is 24.9 Å². The predicted molar refractivity (Wildman–Crippen MR) is 139 cm³/mol. The molecule has 0 aromatic carbocycles. The molecule has 2 rings (SSSR count). The first-order chi connectivity index (χ1) is 11.9. The molecule has 0 saturated heterocycles. The average molecular weight is 634 g/mol. The summed E-state index contributed by atoms with van der Waals surface area (Å²) in [5.74, 6) is 0. The van der Waals surface area contributed by atoms with Crippen LogP contribution in [0, 0.1) is 12.2 Å². The van der Waals surface area contributed by atoms with Gasteiger partial charge >= 0.3 is 0 Å². The summed E-state index contributed by atoms with van der Waals surface area (Å²) in [4.78, 5) is 0. The largest absolute Gasteiger partial charge is 0.269 e. The normalized spacial score (nSPS) is 14.4. The maximum Gasteiger partial charge on any atom is 0.0483 e. The van der Waals surface area contributed by atoms with Gasteiger partial charge in [-0.15, -0.1) is 37.7 Å². The van der Waals surface area contributed by atoms with Crippen LogP contribution in [-0.2, 0) is 25.8 Å². The third-order valence-corrected chi connectivity index (χ3v) is 7.09. The van der Waals surface area contributed by atoms with Crippen molar-refractivity contribution in [3.05, 3.63) is 71.9 Å². The molecule has 0 heterocycles. The fourth-order valence-electron chi connectivity index (χ4n) is 3.31. The van der Waals surface area contributed by atoms with Gasteiger partial charge in [-0.3, -0.25) is 12.2 Å². The molecule has 0 fully saturated rings. The zero-order valence-electron chi connectivity index (χ0n) is 19.3. The summed E-state index contributed by atoms with van der Waals surface area (Å²) >= 11 is 0. The molecular formula is C24H40Cl2HfSi2-2. The van der Waals surface area contributed by atoms with E-state index < -0.39 is 16.1 Å². The van der Waals surface area contributed by atoms with Crippen LogP contribution in [0.4, 0.5) is 0 Å². The molecule has 0 spiro atoms. The second kappa shape index (κ2) is 16.0. The second-order valence-corrected chi connectivity index (χ2v) is 20.9. The van der Waals surface area contributed by atoms with Gasteiger partial charge in [0.2, 0.25) is 0 Å². The molecule has 0 aromatic heterocycles. The van der Waals surface area contributed by atoms with Crippen LogP contribution in [-0.4, -0.2) is 16.1 Å². The van der Waals surface area contributed by atoms with E-state index in [0.717, 1.165) is 25.7 Å². The molecule has 0 atom stereocenters. The SMILES string of the molecule is C=C(CC1=[C-]CC=C1)C[Si](C)(C)C.C=C(CC1=[C-]CC=C1)C[Si](C)(C)C.Cl.Cl.[Hf]. The van der Waals surface area contributed by atoms with Crippen LogP contribution in [0.3, 0.4) is 0 Å². The number of allylic oxidation sites excluding steroid dienone is 10. The third-order valence-electron chi connectivity index (χ3n) is 3.97. The number of hydrogen-bond acceptors (Lipinski definition) is 0. The molecule has 164 valence electrons. The molecule has 0 amide bonds. The molecule has 0 N–H and O–H groups in total. The monoisotopic (exact) mass is 634 g/mol. The van der Waals surface area contributed by atoms with Crippen LogP contribution in [0.2, 0.25) is 51.4 Å². The fraction of sp³-hybridized carbons (Fsp3) is 0.500. The summed E-state index contributed by atoms with van der Waals surface area (Å²) in [5.41, 5.74) is 5.44. The number of rotatable bonds is 8. The van der Waals surface area contributed by atoms with E-state index in [1.807, 2.05) is 0 Å². The van der Waals surface area contributed by atoms with Crippen molar-refractivity contribution in [2.45, 2.75) is 77.1 Å². The number of halogens is 2. The Morgan fingerprint density at radius 3 is 1.28 bits per heavy atom. The summed E-state index contributed by atoms with van der Waals surface area (Å²) in [6, 6.07) is 2.48. The van der Waals surface area contributed by atoms with Crippen LogP contribution < -0.4 is 0 Å². The van der Waals surface area contributed by atoms with E-state index in [2.05, 4.69) is 88.9 Å². The van der Waals surface area contributed by atoms with Gasteiger partial charge in [-0.1, -0.05) is 63.6 Å². The van der Waals surface area contributed by atoms with Crippen molar-refractivity contribution in [1.29, 1.82) is 0 Å². The van der Waals surface area contributed by atoms with E-state index in [4.69, 9.17) is 0 Å². The first-order valence-electron chi connectivity index (χ1n) is 9.80. The maximum atomic E-state index is 4.14. The van der Waals surface area contributed by atoms with Gasteiger partial charge in [0.25, 0.3) is 0 Å². The minimum Gasteiger partial charge on any atom is -0.269 e. The molecule has 5 heteroatoms. The smallest absolute Gasteiger partial charge is 0.0483 e. The Labute approximate surface area is 214 Å². The average Bonchev–Trinajstić information content (AvgIpc) is 3.08. The topological polar surface area (TPSA) is 0 Å². The Hall–Kier alpha value is 0.324. The first kappa shape index (κ1) is 33.9. The maximum absolute atomic E-state index is 4.14. The van der Waals surface area contributed by atoms with E-state index in [9.17, 15) is 0 Å². The molecule has 2 aliphatic carbocycles. The van der Waals surface area contributed by atoms with Crippen molar-refractivity contribution >= 4 is 41.0 Å². The fourth-order valence-corrected chi connectivity index (χ4v) is 6.56. The molecule has 0 aromatic rings. The minimum absolute atomic E-state index is 0. The zero-order chi connectivity index (χ0) is 19.8. The van der Waals surface area contributed by atoms with Gasteiger partial charge in [-0.2, -0.15) is 12.2 Å². The van der Waals surface area contributed by atoms with Crippen molar-refractivity contribution < 1.29 is 25.8 Å². The predicted octanol–water partition coefficient (Wildman–Crippen LogP) is 8.76. The Balaban J connectivity index is -0.000000422. The van der Waals surface area contributed by atoms with Gasteiger partial charge in [-0.25, -0.2) is 23.3 Å². The quantitative estimate of drug-likeness (QED) is 0.142. The van der Waals surface area contributed by atoms with Gasteiger partial charge in [0.15, 0.2) is 0 Å². The summed E-state index contributed by atoms with van der Waals surface area (Å²) in [5, 5.41) is 0. The Morgan fingerprint density at radius 1 is 0.759 bits per heavy atom. The van der Waals surface area contributed by atoms with E-state index >= 15 is 0 Å². The van der Waals surface area contributed by atoms with E-state index in [1.54, 1.807) is 0 Å². The van der Waals surface area contributed by atoms with E-state index in [0.29, 0.717) is 0 Å². The Kier molecular flexibility index (Phi) is 18.8. The Morgan fingerprint density at radius 2 is 1.07 bits per heavy atom. The molecule has 0 radical (unpaired) electrons. The molecule has 29 heavy (non-hydrogen) atoms. The van der Waals surface area contributed by atoms with E-state index in [1.165, 1.54) is 34.4 Å². The molecule has 0 aliphatic heterocycles. The summed E-state index contributed by atoms with van der Waals surface area (Å²) in [7, 11) is -1.91. The molecule has 0 unspecified atom stereocenters. The van der Waals surface area contributed by atoms with Crippen LogP contribution in [0.25, 0.3) is 0 Å². The third kappa shape index (κ3) is 18.8. The first-order valence-corrected chi connectivity index (χ1v) is 17.2. The summed E-state index contributed by atoms with van der Waals surface area (Å²) in [6.45, 7) is 22.6. The van der Waals surface area contributed by atoms with Gasteiger partial charge in [0.05, 0.1) is 0 Å². The van der Waals surface area contributed by atoms with Crippen molar-refractivity contribution in [3.8, 4) is 0 Å². The van der Waals surface area contributed by atoms with Crippen LogP contribution in [0.1, 0.15) is 25.7 Å². The number of hydrogen-bond donors (Lipinski definition) is 0. The summed E-state index contributed by atoms with van der Waals surface area (Å²) in [6.07, 6.45) is 19.4. The van der Waals surface area contributed by atoms with Crippen molar-refractivity contribution in [1.82, 2.24) is 0 Å². The van der Waals surface area contributed by atoms with E-state index in [-0.39, 0.29) is 50.7 Å². The molecular weight excluding hydrogens is 594 g/mol. The van der Waals surface area contributed by atoms with Crippen molar-refractivity contribution in [2.75, 3.05) is 0 Å². The second-order valence-electron chi connectivity index (χ2n) is 9.95. The van der Waals surface area contributed by atoms with Crippen LogP contribution in [0.5, 0.6) is 0 Å². The molecule has 0 nitrogen and oxygen atoms in total. The molecule has 0 saturated carbocycles. The standard InChI is InChI=1S/2C12H19Si.2ClH.Hf/c2*1-11(10-13(2,3)4)9-12-7-5-6-8-12;;;/h2*5,7H,1,6,9-10H2,2-4H3;2*1H;/q2*-1;;;. The molecule has 2 aliphatic rings. The van der Waals surface area contributed by atoms with Crippen molar-refractivity contribution in [2.24, 2.45) is 0 Å². The Bertz CT molecular complexity index is 574. The molecule has 0 bridgehead atoms. The van der Waals surface area contributed by atoms with Gasteiger partial charge in [0, 0.05) is 42.0 Å². The summed E-state index contributed by atoms with van der Waals surface area (Å²) < 4.78 is 0. The van der Waals surface area contributed by atoms with Crippen LogP contribution >= 0.6 is 24.8 Å². The zero-order valence-corrected chi connectivity index (χ0v) is 26.5. The van der Waals surface area contributed by atoms with Crippen LogP contribution in [0.15, 0.2) is 59.8 Å². The van der Waals surface area contributed by atoms with Crippen molar-refractivity contribution in [3.63, 3.8) is 0 Å². The van der Waals surface area contributed by atoms with Gasteiger partial charge < -0.3 is 0 Å². The minimum atomic E-state index is -0.957.